The molecule has 0 amide bonds. The van der Waals surface area contributed by atoms with Gasteiger partial charge < -0.3 is 9.64 Å². The van der Waals surface area contributed by atoms with Gasteiger partial charge in [0.25, 0.3) is 0 Å². The average molecular weight is 375 g/mol. The van der Waals surface area contributed by atoms with E-state index in [4.69, 9.17) is 14.7 Å². The highest BCUT2D eigenvalue weighted by Crippen LogP contribution is 2.35. The molecule has 2 saturated heterocycles. The summed E-state index contributed by atoms with van der Waals surface area (Å²) < 4.78 is 5.96. The number of hydrogen-bond donors (Lipinski definition) is 0. The SMILES string of the molecule is Cc1sc2nc(CN3CCCC3)nc(N(C)CC3CCCCO3)c2c1C. The minimum atomic E-state index is 0.320. The molecule has 1 atom stereocenters. The van der Waals surface area contributed by atoms with Crippen molar-refractivity contribution in [3.05, 3.63) is 16.3 Å². The lowest BCUT2D eigenvalue weighted by molar-refractivity contribution is 0.0215. The Morgan fingerprint density at radius 3 is 2.69 bits per heavy atom. The van der Waals surface area contributed by atoms with Crippen LogP contribution in [0, 0.1) is 13.8 Å². The Kier molecular flexibility index (Phi) is 5.43. The molecule has 5 nitrogen and oxygen atoms in total. The Bertz CT molecular complexity index is 763. The van der Waals surface area contributed by atoms with Gasteiger partial charge in [-0.15, -0.1) is 11.3 Å². The van der Waals surface area contributed by atoms with Crippen LogP contribution in [-0.4, -0.2) is 54.3 Å². The summed E-state index contributed by atoms with van der Waals surface area (Å²) in [7, 11) is 2.16. The predicted molar refractivity (Wildman–Crippen MR) is 108 cm³/mol. The molecule has 1 unspecified atom stereocenters. The molecule has 0 saturated carbocycles. The lowest BCUT2D eigenvalue weighted by Gasteiger charge is -2.28. The molecule has 4 heterocycles. The van der Waals surface area contributed by atoms with E-state index in [9.17, 15) is 0 Å². The van der Waals surface area contributed by atoms with Gasteiger partial charge >= 0.3 is 0 Å². The van der Waals surface area contributed by atoms with Gasteiger partial charge in [0.15, 0.2) is 0 Å². The number of likely N-dealkylation sites (N-methyl/N-ethyl adjacent to an activating group) is 1. The Balaban J connectivity index is 1.65. The molecular weight excluding hydrogens is 344 g/mol. The summed E-state index contributed by atoms with van der Waals surface area (Å²) in [6.07, 6.45) is 6.54. The van der Waals surface area contributed by atoms with E-state index < -0.39 is 0 Å². The fourth-order valence-corrected chi connectivity index (χ4v) is 5.15. The van der Waals surface area contributed by atoms with Crippen molar-refractivity contribution >= 4 is 27.4 Å². The molecule has 6 heteroatoms. The van der Waals surface area contributed by atoms with Crippen molar-refractivity contribution in [3.8, 4) is 0 Å². The third-order valence-corrected chi connectivity index (χ3v) is 6.83. The summed E-state index contributed by atoms with van der Waals surface area (Å²) >= 11 is 1.80. The van der Waals surface area contributed by atoms with E-state index in [0.717, 1.165) is 42.6 Å². The van der Waals surface area contributed by atoms with Gasteiger partial charge in [-0.3, -0.25) is 4.90 Å². The van der Waals surface area contributed by atoms with Crippen LogP contribution < -0.4 is 4.90 Å². The Morgan fingerprint density at radius 1 is 1.15 bits per heavy atom. The van der Waals surface area contributed by atoms with Crippen LogP contribution in [0.5, 0.6) is 0 Å². The number of anilines is 1. The number of aromatic nitrogens is 2. The van der Waals surface area contributed by atoms with Gasteiger partial charge in [0.1, 0.15) is 16.5 Å². The van der Waals surface area contributed by atoms with Gasteiger partial charge in [0.05, 0.1) is 18.0 Å². The van der Waals surface area contributed by atoms with E-state index in [0.29, 0.717) is 6.10 Å². The van der Waals surface area contributed by atoms with Gasteiger partial charge in [-0.05, 0) is 64.6 Å². The molecule has 0 N–H and O–H groups in total. The van der Waals surface area contributed by atoms with E-state index >= 15 is 0 Å². The number of rotatable bonds is 5. The number of nitrogens with zero attached hydrogens (tertiary/aromatic N) is 4. The highest BCUT2D eigenvalue weighted by Gasteiger charge is 2.22. The van der Waals surface area contributed by atoms with Crippen molar-refractivity contribution in [1.29, 1.82) is 0 Å². The first-order chi connectivity index (χ1) is 12.6. The van der Waals surface area contributed by atoms with Crippen LogP contribution >= 0.6 is 11.3 Å². The zero-order valence-electron chi connectivity index (χ0n) is 16.3. The smallest absolute Gasteiger partial charge is 0.146 e. The Hall–Kier alpha value is -1.24. The molecule has 0 aliphatic carbocycles. The van der Waals surface area contributed by atoms with Crippen molar-refractivity contribution in [1.82, 2.24) is 14.9 Å². The number of thiophene rings is 1. The molecule has 2 fully saturated rings. The molecule has 2 aromatic heterocycles. The Morgan fingerprint density at radius 2 is 1.96 bits per heavy atom. The average Bonchev–Trinajstić information content (AvgIpc) is 3.24. The normalized spacial score (nSPS) is 21.6. The number of likely N-dealkylation sites (tertiary alicyclic amines) is 1. The third kappa shape index (κ3) is 3.73. The zero-order chi connectivity index (χ0) is 18.1. The molecule has 0 radical (unpaired) electrons. The van der Waals surface area contributed by atoms with Gasteiger partial charge in [0.2, 0.25) is 0 Å². The van der Waals surface area contributed by atoms with Gasteiger partial charge in [-0.25, -0.2) is 9.97 Å². The number of ether oxygens (including phenoxy) is 1. The van der Waals surface area contributed by atoms with Crippen LogP contribution in [0.1, 0.15) is 48.4 Å². The first kappa shape index (κ1) is 18.1. The largest absolute Gasteiger partial charge is 0.376 e. The second-order valence-electron chi connectivity index (χ2n) is 7.78. The second-order valence-corrected chi connectivity index (χ2v) is 8.98. The number of fused-ring (bicyclic) bond motifs is 1. The topological polar surface area (TPSA) is 41.5 Å². The molecule has 26 heavy (non-hydrogen) atoms. The molecule has 2 aliphatic heterocycles. The maximum absolute atomic E-state index is 5.96. The molecule has 4 rings (SSSR count). The van der Waals surface area contributed by atoms with Crippen molar-refractivity contribution in [3.63, 3.8) is 0 Å². The van der Waals surface area contributed by atoms with Crippen LogP contribution in [0.25, 0.3) is 10.2 Å². The van der Waals surface area contributed by atoms with E-state index in [1.165, 1.54) is 54.6 Å². The summed E-state index contributed by atoms with van der Waals surface area (Å²) in [5, 5.41) is 1.23. The standard InChI is InChI=1S/C20H30N4OS/c1-14-15(2)26-20-18(14)19(23(3)12-16-8-4-7-11-25-16)21-17(22-20)13-24-9-5-6-10-24/h16H,4-13H2,1-3H3. The lowest BCUT2D eigenvalue weighted by atomic mass is 10.1. The summed E-state index contributed by atoms with van der Waals surface area (Å²) in [5.41, 5.74) is 1.32. The van der Waals surface area contributed by atoms with E-state index in [-0.39, 0.29) is 0 Å². The summed E-state index contributed by atoms with van der Waals surface area (Å²) in [4.78, 5) is 17.2. The zero-order valence-corrected chi connectivity index (χ0v) is 17.1. The molecular formula is C20H30N4OS. The minimum Gasteiger partial charge on any atom is -0.376 e. The molecule has 2 aliphatic rings. The van der Waals surface area contributed by atoms with Gasteiger partial charge in [0, 0.05) is 25.1 Å². The molecule has 0 spiro atoms. The van der Waals surface area contributed by atoms with Crippen LogP contribution in [0.15, 0.2) is 0 Å². The third-order valence-electron chi connectivity index (χ3n) is 5.73. The Labute approximate surface area is 160 Å². The van der Waals surface area contributed by atoms with Crippen molar-refractivity contribution in [2.24, 2.45) is 0 Å². The first-order valence-corrected chi connectivity index (χ1v) is 10.7. The number of hydrogen-bond acceptors (Lipinski definition) is 6. The molecule has 0 bridgehead atoms. The quantitative estimate of drug-likeness (QED) is 0.794. The van der Waals surface area contributed by atoms with E-state index in [2.05, 4.69) is 30.7 Å². The van der Waals surface area contributed by atoms with Crippen LogP contribution in [0.4, 0.5) is 5.82 Å². The predicted octanol–water partition coefficient (Wildman–Crippen LogP) is 3.91. The van der Waals surface area contributed by atoms with Gasteiger partial charge in [-0.2, -0.15) is 0 Å². The van der Waals surface area contributed by atoms with Crippen molar-refractivity contribution in [2.45, 2.75) is 58.6 Å². The lowest BCUT2D eigenvalue weighted by Crippen LogP contribution is -2.34. The van der Waals surface area contributed by atoms with E-state index in [1.807, 2.05) is 0 Å². The summed E-state index contributed by atoms with van der Waals surface area (Å²) in [6, 6.07) is 0. The molecule has 0 aromatic carbocycles. The highest BCUT2D eigenvalue weighted by molar-refractivity contribution is 7.18. The first-order valence-electron chi connectivity index (χ1n) is 9.93. The fourth-order valence-electron chi connectivity index (χ4n) is 4.10. The summed E-state index contributed by atoms with van der Waals surface area (Å²) in [5.74, 6) is 2.05. The molecule has 142 valence electrons. The highest BCUT2D eigenvalue weighted by atomic mass is 32.1. The minimum absolute atomic E-state index is 0.320. The van der Waals surface area contributed by atoms with E-state index in [1.54, 1.807) is 11.3 Å². The number of aryl methyl sites for hydroxylation is 2. The van der Waals surface area contributed by atoms with Crippen LogP contribution in [0.2, 0.25) is 0 Å². The fraction of sp³-hybridized carbons (Fsp3) is 0.700. The summed E-state index contributed by atoms with van der Waals surface area (Å²) in [6.45, 7) is 9.41. The second kappa shape index (κ2) is 7.79. The van der Waals surface area contributed by atoms with Crippen molar-refractivity contribution in [2.75, 3.05) is 38.2 Å². The van der Waals surface area contributed by atoms with Crippen LogP contribution in [-0.2, 0) is 11.3 Å². The van der Waals surface area contributed by atoms with Gasteiger partial charge in [-0.1, -0.05) is 0 Å². The monoisotopic (exact) mass is 374 g/mol. The van der Waals surface area contributed by atoms with Crippen molar-refractivity contribution < 1.29 is 4.74 Å². The van der Waals surface area contributed by atoms with Crippen LogP contribution in [0.3, 0.4) is 0 Å². The molecule has 2 aromatic rings. The maximum atomic E-state index is 5.96. The maximum Gasteiger partial charge on any atom is 0.146 e.